The van der Waals surface area contributed by atoms with Crippen LogP contribution in [0, 0.1) is 6.92 Å². The Morgan fingerprint density at radius 2 is 1.97 bits per heavy atom. The van der Waals surface area contributed by atoms with Crippen molar-refractivity contribution in [1.82, 2.24) is 4.98 Å². The minimum absolute atomic E-state index is 0.0447. The van der Waals surface area contributed by atoms with E-state index in [-0.39, 0.29) is 5.91 Å². The van der Waals surface area contributed by atoms with Gasteiger partial charge in [0.05, 0.1) is 18.8 Å². The first-order chi connectivity index (χ1) is 14.7. The van der Waals surface area contributed by atoms with Gasteiger partial charge in [-0.15, -0.1) is 0 Å². The van der Waals surface area contributed by atoms with Crippen molar-refractivity contribution in [2.24, 2.45) is 0 Å². The van der Waals surface area contributed by atoms with Crippen molar-refractivity contribution < 1.29 is 14.3 Å². The fraction of sp³-hybridized carbons (Fsp3) is 0.280. The van der Waals surface area contributed by atoms with Crippen LogP contribution in [0.1, 0.15) is 34.4 Å². The Balaban J connectivity index is 1.50. The summed E-state index contributed by atoms with van der Waals surface area (Å²) < 4.78 is 12.1. The fourth-order valence-electron chi connectivity index (χ4n) is 5.01. The van der Waals surface area contributed by atoms with Gasteiger partial charge in [0.2, 0.25) is 5.91 Å². The Morgan fingerprint density at radius 3 is 2.87 bits per heavy atom. The summed E-state index contributed by atoms with van der Waals surface area (Å²) >= 11 is 0. The summed E-state index contributed by atoms with van der Waals surface area (Å²) in [5.74, 6) is 1.73. The number of hydrogen-bond donors (Lipinski definition) is 0. The highest BCUT2D eigenvalue weighted by molar-refractivity contribution is 6.11. The standard InChI is InChI=1S/C25H22N2O3/c1-16-6-4-10-26-20(16)14-27-21-9-3-2-8-18(21)25(24(27)28)15-30-23-12-17-7-5-11-29-22(17)13-19(23)25/h2-4,6,8-10,12-13H,5,7,11,14-15H2,1H3. The van der Waals surface area contributed by atoms with Gasteiger partial charge in [-0.3, -0.25) is 9.78 Å². The lowest BCUT2D eigenvalue weighted by Crippen LogP contribution is -2.42. The Kier molecular flexibility index (Phi) is 3.69. The van der Waals surface area contributed by atoms with Gasteiger partial charge in [-0.25, -0.2) is 0 Å². The topological polar surface area (TPSA) is 51.7 Å². The number of aryl methyl sites for hydroxylation is 2. The number of fused-ring (bicyclic) bond motifs is 5. The van der Waals surface area contributed by atoms with Gasteiger partial charge < -0.3 is 14.4 Å². The van der Waals surface area contributed by atoms with Crippen LogP contribution in [-0.2, 0) is 23.2 Å². The highest BCUT2D eigenvalue weighted by atomic mass is 16.5. The molecule has 1 atom stereocenters. The van der Waals surface area contributed by atoms with E-state index in [1.807, 2.05) is 48.2 Å². The number of carbonyl (C=O) groups excluding carboxylic acids is 1. The third kappa shape index (κ3) is 2.29. The third-order valence-corrected chi connectivity index (χ3v) is 6.61. The van der Waals surface area contributed by atoms with Crippen LogP contribution in [-0.4, -0.2) is 24.1 Å². The van der Waals surface area contributed by atoms with Gasteiger partial charge in [0.1, 0.15) is 23.5 Å². The zero-order chi connectivity index (χ0) is 20.3. The molecule has 1 amide bonds. The van der Waals surface area contributed by atoms with Crippen LogP contribution in [0.25, 0.3) is 0 Å². The second-order valence-electron chi connectivity index (χ2n) is 8.28. The first-order valence-corrected chi connectivity index (χ1v) is 10.4. The number of anilines is 1. The van der Waals surface area contributed by atoms with Crippen molar-refractivity contribution in [3.05, 3.63) is 82.7 Å². The number of rotatable bonds is 2. The molecular formula is C25H22N2O3. The molecule has 0 saturated carbocycles. The molecule has 0 aliphatic carbocycles. The number of pyridine rings is 1. The first kappa shape index (κ1) is 17.5. The molecule has 1 unspecified atom stereocenters. The van der Waals surface area contributed by atoms with Crippen molar-refractivity contribution in [2.45, 2.75) is 31.7 Å². The summed E-state index contributed by atoms with van der Waals surface area (Å²) in [6, 6.07) is 16.1. The highest BCUT2D eigenvalue weighted by Crippen LogP contribution is 2.54. The zero-order valence-corrected chi connectivity index (χ0v) is 16.9. The SMILES string of the molecule is Cc1cccnc1CN1C(=O)C2(COc3cc4c(cc32)OCCC4)c2ccccc21. The van der Waals surface area contributed by atoms with Crippen LogP contribution in [0.2, 0.25) is 0 Å². The molecule has 1 spiro atoms. The van der Waals surface area contributed by atoms with E-state index in [2.05, 4.69) is 17.1 Å². The number of para-hydroxylation sites is 1. The van der Waals surface area contributed by atoms with Crippen molar-refractivity contribution in [2.75, 3.05) is 18.1 Å². The molecule has 5 nitrogen and oxygen atoms in total. The van der Waals surface area contributed by atoms with E-state index in [0.717, 1.165) is 64.6 Å². The molecule has 4 heterocycles. The van der Waals surface area contributed by atoms with Gasteiger partial charge >= 0.3 is 0 Å². The molecular weight excluding hydrogens is 376 g/mol. The van der Waals surface area contributed by atoms with Gasteiger partial charge in [-0.05, 0) is 60.7 Å². The zero-order valence-electron chi connectivity index (χ0n) is 16.9. The first-order valence-electron chi connectivity index (χ1n) is 10.4. The molecule has 5 heteroatoms. The second-order valence-corrected chi connectivity index (χ2v) is 8.28. The minimum atomic E-state index is -0.829. The number of ether oxygens (including phenoxy) is 2. The number of hydrogen-bond acceptors (Lipinski definition) is 4. The van der Waals surface area contributed by atoms with Crippen LogP contribution in [0.5, 0.6) is 11.5 Å². The molecule has 150 valence electrons. The lowest BCUT2D eigenvalue weighted by Gasteiger charge is -2.24. The van der Waals surface area contributed by atoms with E-state index in [1.165, 1.54) is 0 Å². The molecule has 0 radical (unpaired) electrons. The predicted molar refractivity (Wildman–Crippen MR) is 113 cm³/mol. The van der Waals surface area contributed by atoms with Crippen LogP contribution in [0.15, 0.2) is 54.7 Å². The summed E-state index contributed by atoms with van der Waals surface area (Å²) in [5.41, 5.74) is 5.17. The monoisotopic (exact) mass is 398 g/mol. The molecule has 0 fully saturated rings. The molecule has 1 aromatic heterocycles. The van der Waals surface area contributed by atoms with Gasteiger partial charge in [0.25, 0.3) is 0 Å². The molecule has 0 bridgehead atoms. The predicted octanol–water partition coefficient (Wildman–Crippen LogP) is 3.94. The largest absolute Gasteiger partial charge is 0.493 e. The summed E-state index contributed by atoms with van der Waals surface area (Å²) in [5, 5.41) is 0. The third-order valence-electron chi connectivity index (χ3n) is 6.61. The summed E-state index contributed by atoms with van der Waals surface area (Å²) in [4.78, 5) is 20.4. The lowest BCUT2D eigenvalue weighted by molar-refractivity contribution is -0.122. The van der Waals surface area contributed by atoms with Crippen molar-refractivity contribution >= 4 is 11.6 Å². The highest BCUT2D eigenvalue weighted by Gasteiger charge is 2.57. The van der Waals surface area contributed by atoms with E-state index in [0.29, 0.717) is 13.2 Å². The maximum atomic E-state index is 14.0. The fourth-order valence-corrected chi connectivity index (χ4v) is 5.01. The Labute approximate surface area is 175 Å². The minimum Gasteiger partial charge on any atom is -0.493 e. The molecule has 3 aromatic rings. The Bertz CT molecular complexity index is 1190. The van der Waals surface area contributed by atoms with E-state index in [1.54, 1.807) is 6.20 Å². The average molecular weight is 398 g/mol. The molecule has 30 heavy (non-hydrogen) atoms. The maximum absolute atomic E-state index is 14.0. The van der Waals surface area contributed by atoms with Crippen LogP contribution >= 0.6 is 0 Å². The summed E-state index contributed by atoms with van der Waals surface area (Å²) in [6.45, 7) is 3.51. The van der Waals surface area contributed by atoms with Crippen molar-refractivity contribution in [1.29, 1.82) is 0 Å². The molecule has 3 aliphatic heterocycles. The van der Waals surface area contributed by atoms with Gasteiger partial charge in [0, 0.05) is 17.4 Å². The van der Waals surface area contributed by atoms with E-state index >= 15 is 0 Å². The van der Waals surface area contributed by atoms with Crippen LogP contribution < -0.4 is 14.4 Å². The normalized spacial score (nSPS) is 21.1. The van der Waals surface area contributed by atoms with Crippen molar-refractivity contribution in [3.63, 3.8) is 0 Å². The number of benzene rings is 2. The Hall–Kier alpha value is -3.34. The van der Waals surface area contributed by atoms with Crippen molar-refractivity contribution in [3.8, 4) is 11.5 Å². The van der Waals surface area contributed by atoms with E-state index < -0.39 is 5.41 Å². The van der Waals surface area contributed by atoms with Crippen LogP contribution in [0.4, 0.5) is 5.69 Å². The lowest BCUT2D eigenvalue weighted by atomic mass is 9.76. The maximum Gasteiger partial charge on any atom is 0.246 e. The molecule has 2 aromatic carbocycles. The van der Waals surface area contributed by atoms with E-state index in [9.17, 15) is 4.79 Å². The van der Waals surface area contributed by atoms with Gasteiger partial charge in [0.15, 0.2) is 0 Å². The molecule has 0 saturated heterocycles. The van der Waals surface area contributed by atoms with Gasteiger partial charge in [-0.2, -0.15) is 0 Å². The number of nitrogens with zero attached hydrogens (tertiary/aromatic N) is 2. The molecule has 0 N–H and O–H groups in total. The smallest absolute Gasteiger partial charge is 0.246 e. The summed E-state index contributed by atoms with van der Waals surface area (Å²) in [7, 11) is 0. The molecule has 6 rings (SSSR count). The Morgan fingerprint density at radius 1 is 1.07 bits per heavy atom. The summed E-state index contributed by atoms with van der Waals surface area (Å²) in [6.07, 6.45) is 3.77. The molecule has 3 aliphatic rings. The van der Waals surface area contributed by atoms with Crippen LogP contribution in [0.3, 0.4) is 0 Å². The number of carbonyl (C=O) groups is 1. The quantitative estimate of drug-likeness (QED) is 0.656. The number of aromatic nitrogens is 1. The average Bonchev–Trinajstić information content (AvgIpc) is 3.26. The number of amides is 1. The second kappa shape index (κ2) is 6.33. The van der Waals surface area contributed by atoms with E-state index in [4.69, 9.17) is 9.47 Å². The van der Waals surface area contributed by atoms with Gasteiger partial charge in [-0.1, -0.05) is 24.3 Å².